The first-order valence-electron chi connectivity index (χ1n) is 6.52. The average molecular weight is 271 g/mol. The molecular weight excluding hydrogens is 257 g/mol. The van der Waals surface area contributed by atoms with Gasteiger partial charge in [-0.15, -0.1) is 0 Å². The van der Waals surface area contributed by atoms with Crippen LogP contribution in [0.5, 0.6) is 0 Å². The summed E-state index contributed by atoms with van der Waals surface area (Å²) < 4.78 is 13.8. The van der Waals surface area contributed by atoms with Gasteiger partial charge in [-0.3, -0.25) is 0 Å². The molecule has 1 aliphatic carbocycles. The zero-order valence-electron chi connectivity index (χ0n) is 10.8. The molecule has 0 bridgehead atoms. The maximum absolute atomic E-state index is 13.8. The standard InChI is InChI=1S/C16H14FNO2/c17-14-4-2-1-3-12(14)11-6-5-10-7-8-15(13(10)9-11)18-16(19)20/h1-6,9,15,18H,7-8H2,(H,19,20). The maximum Gasteiger partial charge on any atom is 0.405 e. The van der Waals surface area contributed by atoms with E-state index in [1.165, 1.54) is 6.07 Å². The number of halogens is 1. The summed E-state index contributed by atoms with van der Waals surface area (Å²) in [6.07, 6.45) is 0.569. The lowest BCUT2D eigenvalue weighted by atomic mass is 9.99. The first-order chi connectivity index (χ1) is 9.65. The van der Waals surface area contributed by atoms with Crippen molar-refractivity contribution in [2.45, 2.75) is 18.9 Å². The Labute approximate surface area is 116 Å². The predicted molar refractivity (Wildman–Crippen MR) is 74.1 cm³/mol. The number of carboxylic acid groups (broad SMARTS) is 1. The van der Waals surface area contributed by atoms with Crippen molar-refractivity contribution in [2.24, 2.45) is 0 Å². The van der Waals surface area contributed by atoms with Crippen LogP contribution in [-0.2, 0) is 6.42 Å². The summed E-state index contributed by atoms with van der Waals surface area (Å²) in [4.78, 5) is 10.8. The van der Waals surface area contributed by atoms with Crippen molar-refractivity contribution in [3.8, 4) is 11.1 Å². The van der Waals surface area contributed by atoms with Crippen LogP contribution in [0.4, 0.5) is 9.18 Å². The fraction of sp³-hybridized carbons (Fsp3) is 0.188. The third kappa shape index (κ3) is 2.25. The number of aryl methyl sites for hydroxylation is 1. The summed E-state index contributed by atoms with van der Waals surface area (Å²) >= 11 is 0. The molecule has 0 fully saturated rings. The maximum atomic E-state index is 13.8. The molecule has 0 aliphatic heterocycles. The highest BCUT2D eigenvalue weighted by atomic mass is 19.1. The Bertz CT molecular complexity index is 669. The monoisotopic (exact) mass is 271 g/mol. The van der Waals surface area contributed by atoms with E-state index in [0.717, 1.165) is 29.5 Å². The molecule has 1 atom stereocenters. The molecule has 2 N–H and O–H groups in total. The smallest absolute Gasteiger partial charge is 0.405 e. The normalized spacial score (nSPS) is 16.8. The lowest BCUT2D eigenvalue weighted by Gasteiger charge is -2.13. The number of amides is 1. The van der Waals surface area contributed by atoms with E-state index in [4.69, 9.17) is 5.11 Å². The summed E-state index contributed by atoms with van der Waals surface area (Å²) in [5, 5.41) is 11.4. The van der Waals surface area contributed by atoms with Gasteiger partial charge < -0.3 is 10.4 Å². The first kappa shape index (κ1) is 12.7. The molecule has 0 heterocycles. The van der Waals surface area contributed by atoms with Crippen molar-refractivity contribution in [3.63, 3.8) is 0 Å². The number of fused-ring (bicyclic) bond motifs is 1. The summed E-state index contributed by atoms with van der Waals surface area (Å²) in [5.41, 5.74) is 3.40. The molecule has 4 heteroatoms. The van der Waals surface area contributed by atoms with Crippen molar-refractivity contribution in [3.05, 3.63) is 59.4 Å². The van der Waals surface area contributed by atoms with Crippen LogP contribution in [0.2, 0.25) is 0 Å². The van der Waals surface area contributed by atoms with Crippen LogP contribution in [0, 0.1) is 5.82 Å². The molecule has 0 saturated heterocycles. The highest BCUT2D eigenvalue weighted by molar-refractivity contribution is 5.68. The Balaban J connectivity index is 2.01. The van der Waals surface area contributed by atoms with Gasteiger partial charge in [0, 0.05) is 5.56 Å². The largest absolute Gasteiger partial charge is 0.465 e. The Morgan fingerprint density at radius 3 is 2.80 bits per heavy atom. The Morgan fingerprint density at radius 1 is 1.25 bits per heavy atom. The van der Waals surface area contributed by atoms with Crippen LogP contribution in [0.15, 0.2) is 42.5 Å². The summed E-state index contributed by atoms with van der Waals surface area (Å²) in [5.74, 6) is -0.270. The minimum Gasteiger partial charge on any atom is -0.465 e. The molecule has 1 aliphatic rings. The average Bonchev–Trinajstić information content (AvgIpc) is 2.81. The van der Waals surface area contributed by atoms with Gasteiger partial charge in [0.25, 0.3) is 0 Å². The van der Waals surface area contributed by atoms with Crippen molar-refractivity contribution >= 4 is 6.09 Å². The van der Waals surface area contributed by atoms with Gasteiger partial charge in [0.2, 0.25) is 0 Å². The van der Waals surface area contributed by atoms with Gasteiger partial charge in [0.1, 0.15) is 5.82 Å². The van der Waals surface area contributed by atoms with Gasteiger partial charge in [0.15, 0.2) is 0 Å². The highest BCUT2D eigenvalue weighted by Crippen LogP contribution is 2.35. The van der Waals surface area contributed by atoms with Crippen LogP contribution < -0.4 is 5.32 Å². The van der Waals surface area contributed by atoms with E-state index < -0.39 is 6.09 Å². The number of hydrogen-bond donors (Lipinski definition) is 2. The van der Waals surface area contributed by atoms with E-state index in [1.54, 1.807) is 18.2 Å². The lowest BCUT2D eigenvalue weighted by Crippen LogP contribution is -2.24. The molecule has 3 nitrogen and oxygen atoms in total. The first-order valence-corrected chi connectivity index (χ1v) is 6.52. The molecule has 3 rings (SSSR count). The van der Waals surface area contributed by atoms with Crippen LogP contribution in [0.25, 0.3) is 11.1 Å². The molecule has 20 heavy (non-hydrogen) atoms. The lowest BCUT2D eigenvalue weighted by molar-refractivity contribution is 0.190. The van der Waals surface area contributed by atoms with Gasteiger partial charge in [0.05, 0.1) is 6.04 Å². The summed E-state index contributed by atoms with van der Waals surface area (Å²) in [7, 11) is 0. The fourth-order valence-electron chi connectivity index (χ4n) is 2.76. The minimum atomic E-state index is -1.03. The van der Waals surface area contributed by atoms with Gasteiger partial charge >= 0.3 is 6.09 Å². The van der Waals surface area contributed by atoms with Gasteiger partial charge in [-0.05, 0) is 41.7 Å². The molecule has 0 spiro atoms. The van der Waals surface area contributed by atoms with Crippen LogP contribution in [0.3, 0.4) is 0 Å². The predicted octanol–water partition coefficient (Wildman–Crippen LogP) is 3.75. The molecular formula is C16H14FNO2. The molecule has 2 aromatic rings. The van der Waals surface area contributed by atoms with Crippen molar-refractivity contribution in [2.75, 3.05) is 0 Å². The minimum absolute atomic E-state index is 0.200. The Morgan fingerprint density at radius 2 is 2.05 bits per heavy atom. The Kier molecular flexibility index (Phi) is 3.14. The summed E-state index contributed by atoms with van der Waals surface area (Å²) in [6.45, 7) is 0. The van der Waals surface area contributed by atoms with Crippen molar-refractivity contribution in [1.29, 1.82) is 0 Å². The number of rotatable bonds is 2. The second-order valence-electron chi connectivity index (χ2n) is 4.93. The van der Waals surface area contributed by atoms with Crippen molar-refractivity contribution < 1.29 is 14.3 Å². The second-order valence-corrected chi connectivity index (χ2v) is 4.93. The third-order valence-electron chi connectivity index (χ3n) is 3.71. The van der Waals surface area contributed by atoms with Crippen molar-refractivity contribution in [1.82, 2.24) is 5.32 Å². The van der Waals surface area contributed by atoms with Crippen LogP contribution in [0.1, 0.15) is 23.6 Å². The van der Waals surface area contributed by atoms with E-state index in [1.807, 2.05) is 18.2 Å². The highest BCUT2D eigenvalue weighted by Gasteiger charge is 2.24. The molecule has 102 valence electrons. The quantitative estimate of drug-likeness (QED) is 0.874. The SMILES string of the molecule is O=C(O)NC1CCc2ccc(-c3ccccc3F)cc21. The zero-order chi connectivity index (χ0) is 14.1. The molecule has 0 radical (unpaired) electrons. The van der Waals surface area contributed by atoms with E-state index in [0.29, 0.717) is 5.56 Å². The molecule has 1 amide bonds. The second kappa shape index (κ2) is 4.96. The fourth-order valence-corrected chi connectivity index (χ4v) is 2.76. The van der Waals surface area contributed by atoms with E-state index in [2.05, 4.69) is 5.32 Å². The van der Waals surface area contributed by atoms with Gasteiger partial charge in [-0.2, -0.15) is 0 Å². The third-order valence-corrected chi connectivity index (χ3v) is 3.71. The zero-order valence-corrected chi connectivity index (χ0v) is 10.8. The number of benzene rings is 2. The van der Waals surface area contributed by atoms with Gasteiger partial charge in [-0.1, -0.05) is 30.3 Å². The number of nitrogens with one attached hydrogen (secondary N) is 1. The van der Waals surface area contributed by atoms with Crippen LogP contribution in [-0.4, -0.2) is 11.2 Å². The molecule has 0 saturated carbocycles. The molecule has 1 unspecified atom stereocenters. The Hall–Kier alpha value is -2.36. The van der Waals surface area contributed by atoms with E-state index in [9.17, 15) is 9.18 Å². The van der Waals surface area contributed by atoms with Crippen LogP contribution >= 0.6 is 0 Å². The van der Waals surface area contributed by atoms with E-state index >= 15 is 0 Å². The van der Waals surface area contributed by atoms with E-state index in [-0.39, 0.29) is 11.9 Å². The number of carbonyl (C=O) groups is 1. The molecule has 2 aromatic carbocycles. The number of hydrogen-bond acceptors (Lipinski definition) is 1. The topological polar surface area (TPSA) is 49.3 Å². The summed E-state index contributed by atoms with van der Waals surface area (Å²) in [6, 6.07) is 12.1. The molecule has 0 aromatic heterocycles. The van der Waals surface area contributed by atoms with Gasteiger partial charge in [-0.25, -0.2) is 9.18 Å².